The van der Waals surface area contributed by atoms with E-state index < -0.39 is 0 Å². The normalized spacial score (nSPS) is 16.2. The van der Waals surface area contributed by atoms with E-state index in [9.17, 15) is 0 Å². The van der Waals surface area contributed by atoms with E-state index in [2.05, 4.69) is 55.7 Å². The molecule has 0 aromatic heterocycles. The molecule has 3 heteroatoms. The fourth-order valence-electron chi connectivity index (χ4n) is 2.56. The maximum absolute atomic E-state index is 5.80. The Balaban J connectivity index is 2.58. The molecule has 0 radical (unpaired) electrons. The minimum absolute atomic E-state index is 0.0476. The van der Waals surface area contributed by atoms with Crippen LogP contribution in [0.5, 0.6) is 0 Å². The van der Waals surface area contributed by atoms with Gasteiger partial charge in [0.1, 0.15) is 0 Å². The summed E-state index contributed by atoms with van der Waals surface area (Å²) in [4.78, 5) is 0. The third-order valence-electron chi connectivity index (χ3n) is 4.08. The molecule has 2 atom stereocenters. The average molecular weight is 258 g/mol. The second kappa shape index (κ2) is 5.70. The van der Waals surface area contributed by atoms with E-state index in [1.807, 2.05) is 6.07 Å². The van der Waals surface area contributed by atoms with Crippen LogP contribution in [-0.2, 0) is 4.74 Å². The van der Waals surface area contributed by atoms with Gasteiger partial charge in [0.05, 0.1) is 11.6 Å². The van der Waals surface area contributed by atoms with E-state index in [-0.39, 0.29) is 11.6 Å². The van der Waals surface area contributed by atoms with Crippen LogP contribution in [0.4, 0.5) is 0 Å². The Bertz CT molecular complexity index is 544. The topological polar surface area (TPSA) is 47.3 Å². The van der Waals surface area contributed by atoms with Gasteiger partial charge in [-0.2, -0.15) is 0 Å². The first-order valence-corrected chi connectivity index (χ1v) is 6.65. The van der Waals surface area contributed by atoms with E-state index >= 15 is 0 Å². The highest BCUT2D eigenvalue weighted by atomic mass is 16.5. The van der Waals surface area contributed by atoms with Gasteiger partial charge in [-0.25, -0.2) is 0 Å². The number of hydrazine groups is 1. The van der Waals surface area contributed by atoms with Crippen LogP contribution >= 0.6 is 0 Å². The van der Waals surface area contributed by atoms with E-state index in [0.717, 1.165) is 6.42 Å². The van der Waals surface area contributed by atoms with E-state index in [4.69, 9.17) is 10.6 Å². The van der Waals surface area contributed by atoms with E-state index in [1.54, 1.807) is 7.11 Å². The number of benzene rings is 2. The number of ether oxygens (including phenoxy) is 1. The quantitative estimate of drug-likeness (QED) is 0.639. The molecule has 2 aromatic carbocycles. The Labute approximate surface area is 114 Å². The zero-order chi connectivity index (χ0) is 13.9. The van der Waals surface area contributed by atoms with Gasteiger partial charge in [-0.15, -0.1) is 0 Å². The molecule has 0 bridgehead atoms. The number of nitrogens with two attached hydrogens (primary N) is 1. The molecule has 0 spiro atoms. The molecule has 0 aliphatic carbocycles. The number of fused-ring (bicyclic) bond motifs is 1. The maximum Gasteiger partial charge on any atom is 0.0855 e. The van der Waals surface area contributed by atoms with Gasteiger partial charge in [-0.3, -0.25) is 11.3 Å². The molecule has 0 fully saturated rings. The molecule has 0 saturated heterocycles. The highest BCUT2D eigenvalue weighted by Crippen LogP contribution is 2.34. The molecule has 0 aliphatic rings. The Kier molecular flexibility index (Phi) is 4.20. The first-order chi connectivity index (χ1) is 9.16. The van der Waals surface area contributed by atoms with Crippen LogP contribution in [0.2, 0.25) is 0 Å². The molecule has 0 aliphatic heterocycles. The third kappa shape index (κ3) is 2.50. The lowest BCUT2D eigenvalue weighted by Gasteiger charge is -2.36. The molecule has 19 heavy (non-hydrogen) atoms. The number of methoxy groups -OCH3 is 1. The summed E-state index contributed by atoms with van der Waals surface area (Å²) in [6.07, 6.45) is 0.877. The highest BCUT2D eigenvalue weighted by molar-refractivity contribution is 5.86. The molecule has 2 aromatic rings. The van der Waals surface area contributed by atoms with Crippen molar-refractivity contribution < 1.29 is 4.74 Å². The molecule has 0 amide bonds. The summed E-state index contributed by atoms with van der Waals surface area (Å²) in [6, 6.07) is 14.6. The van der Waals surface area contributed by atoms with Crippen molar-refractivity contribution >= 4 is 10.8 Å². The van der Waals surface area contributed by atoms with Crippen molar-refractivity contribution in [2.75, 3.05) is 7.11 Å². The monoisotopic (exact) mass is 258 g/mol. The largest absolute Gasteiger partial charge is 0.376 e. The molecule has 2 rings (SSSR count). The number of rotatable bonds is 5. The Morgan fingerprint density at radius 3 is 2.53 bits per heavy atom. The first-order valence-electron chi connectivity index (χ1n) is 6.65. The molecule has 0 saturated carbocycles. The van der Waals surface area contributed by atoms with Gasteiger partial charge in [0.25, 0.3) is 0 Å². The molecule has 2 unspecified atom stereocenters. The van der Waals surface area contributed by atoms with Gasteiger partial charge in [-0.1, -0.05) is 49.4 Å². The second-order valence-corrected chi connectivity index (χ2v) is 5.04. The summed E-state index contributed by atoms with van der Waals surface area (Å²) in [7, 11) is 1.74. The molecule has 3 nitrogen and oxygen atoms in total. The lowest BCUT2D eigenvalue weighted by Crippen LogP contribution is -2.45. The van der Waals surface area contributed by atoms with Crippen molar-refractivity contribution in [3.8, 4) is 0 Å². The molecular formula is C16H22N2O. The SMILES string of the molecule is CCC(C)(OC)C(NN)c1cccc2ccccc12. The van der Waals surface area contributed by atoms with Crippen molar-refractivity contribution in [2.24, 2.45) is 5.84 Å². The summed E-state index contributed by atoms with van der Waals surface area (Å²) in [6.45, 7) is 4.19. The van der Waals surface area contributed by atoms with Gasteiger partial charge in [-0.05, 0) is 29.7 Å². The van der Waals surface area contributed by atoms with Crippen molar-refractivity contribution in [1.82, 2.24) is 5.43 Å². The van der Waals surface area contributed by atoms with Crippen LogP contribution in [0.15, 0.2) is 42.5 Å². The van der Waals surface area contributed by atoms with Gasteiger partial charge in [0.15, 0.2) is 0 Å². The van der Waals surface area contributed by atoms with Crippen molar-refractivity contribution in [3.05, 3.63) is 48.0 Å². The highest BCUT2D eigenvalue weighted by Gasteiger charge is 2.33. The van der Waals surface area contributed by atoms with E-state index in [0.29, 0.717) is 0 Å². The fourth-order valence-corrected chi connectivity index (χ4v) is 2.56. The minimum Gasteiger partial charge on any atom is -0.376 e. The Morgan fingerprint density at radius 1 is 1.21 bits per heavy atom. The van der Waals surface area contributed by atoms with Crippen molar-refractivity contribution in [1.29, 1.82) is 0 Å². The summed E-state index contributed by atoms with van der Waals surface area (Å²) in [5.41, 5.74) is 3.77. The van der Waals surface area contributed by atoms with Crippen LogP contribution in [0.3, 0.4) is 0 Å². The maximum atomic E-state index is 5.80. The molecular weight excluding hydrogens is 236 g/mol. The van der Waals surface area contributed by atoms with Crippen LogP contribution in [0, 0.1) is 0 Å². The third-order valence-corrected chi connectivity index (χ3v) is 4.08. The van der Waals surface area contributed by atoms with Gasteiger partial charge in [0, 0.05) is 7.11 Å². The van der Waals surface area contributed by atoms with E-state index in [1.165, 1.54) is 16.3 Å². The average Bonchev–Trinajstić information content (AvgIpc) is 2.48. The van der Waals surface area contributed by atoms with Crippen LogP contribution in [0.25, 0.3) is 10.8 Å². The summed E-state index contributed by atoms with van der Waals surface area (Å²) in [5, 5.41) is 2.43. The number of hydrogen-bond acceptors (Lipinski definition) is 3. The first kappa shape index (κ1) is 14.0. The Hall–Kier alpha value is -1.42. The Morgan fingerprint density at radius 2 is 1.89 bits per heavy atom. The number of nitrogens with one attached hydrogen (secondary N) is 1. The lowest BCUT2D eigenvalue weighted by molar-refractivity contribution is -0.0296. The predicted molar refractivity (Wildman–Crippen MR) is 79.7 cm³/mol. The standard InChI is InChI=1S/C16H22N2O/c1-4-16(2,19-3)15(18-17)14-11-7-9-12-8-5-6-10-13(12)14/h5-11,15,18H,4,17H2,1-3H3. The van der Waals surface area contributed by atoms with Crippen molar-refractivity contribution in [3.63, 3.8) is 0 Å². The van der Waals surface area contributed by atoms with Gasteiger partial charge in [0.2, 0.25) is 0 Å². The zero-order valence-electron chi connectivity index (χ0n) is 11.8. The zero-order valence-corrected chi connectivity index (χ0v) is 11.8. The lowest BCUT2D eigenvalue weighted by atomic mass is 9.85. The summed E-state index contributed by atoms with van der Waals surface area (Å²) < 4.78 is 5.70. The molecule has 102 valence electrons. The molecule has 0 heterocycles. The number of hydrogen-bond donors (Lipinski definition) is 2. The van der Waals surface area contributed by atoms with Crippen LogP contribution < -0.4 is 11.3 Å². The minimum atomic E-state index is -0.334. The molecule has 3 N–H and O–H groups in total. The van der Waals surface area contributed by atoms with Crippen LogP contribution in [-0.4, -0.2) is 12.7 Å². The summed E-state index contributed by atoms with van der Waals surface area (Å²) in [5.74, 6) is 5.80. The summed E-state index contributed by atoms with van der Waals surface area (Å²) >= 11 is 0. The predicted octanol–water partition coefficient (Wildman–Crippen LogP) is 3.16. The van der Waals surface area contributed by atoms with Crippen molar-refractivity contribution in [2.45, 2.75) is 31.9 Å². The smallest absolute Gasteiger partial charge is 0.0855 e. The second-order valence-electron chi connectivity index (χ2n) is 5.04. The fraction of sp³-hybridized carbons (Fsp3) is 0.375. The van der Waals surface area contributed by atoms with Gasteiger partial charge < -0.3 is 4.74 Å². The van der Waals surface area contributed by atoms with Gasteiger partial charge >= 0.3 is 0 Å². The van der Waals surface area contributed by atoms with Crippen LogP contribution in [0.1, 0.15) is 31.9 Å².